The van der Waals surface area contributed by atoms with Crippen LogP contribution in [0.15, 0.2) is 61.3 Å². The van der Waals surface area contributed by atoms with Crippen LogP contribution < -0.4 is 4.90 Å². The molecule has 50 heavy (non-hydrogen) atoms. The number of rotatable bonds is 4. The summed E-state index contributed by atoms with van der Waals surface area (Å²) in [5.41, 5.74) is 1.12. The van der Waals surface area contributed by atoms with Gasteiger partial charge < -0.3 is 18.8 Å². The van der Waals surface area contributed by atoms with Gasteiger partial charge in [0.15, 0.2) is 0 Å². The lowest BCUT2D eigenvalue weighted by Gasteiger charge is -2.41. The summed E-state index contributed by atoms with van der Waals surface area (Å²) in [5.74, 6) is -1.97. The van der Waals surface area contributed by atoms with E-state index >= 15 is 8.78 Å². The van der Waals surface area contributed by atoms with Gasteiger partial charge in [0.05, 0.1) is 28.0 Å². The number of carbonyl (C=O) groups excluding carboxylic acids is 2. The molecule has 1 saturated heterocycles. The second-order valence-electron chi connectivity index (χ2n) is 12.9. The Hall–Kier alpha value is -5.53. The lowest BCUT2D eigenvalue weighted by atomic mass is 9.92. The highest BCUT2D eigenvalue weighted by Crippen LogP contribution is 2.48. The van der Waals surface area contributed by atoms with E-state index in [0.717, 1.165) is 18.2 Å². The Morgan fingerprint density at radius 2 is 1.78 bits per heavy atom. The molecule has 14 heteroatoms. The third kappa shape index (κ3) is 4.79. The smallest absolute Gasteiger partial charge is 0.372 e. The first-order chi connectivity index (χ1) is 23.8. The Kier molecular flexibility index (Phi) is 7.14. The molecule has 0 N–H and O–H groups in total. The van der Waals surface area contributed by atoms with Crippen LogP contribution in [0.5, 0.6) is 0 Å². The van der Waals surface area contributed by atoms with Gasteiger partial charge in [0.2, 0.25) is 5.78 Å². The number of anilines is 1. The predicted molar refractivity (Wildman–Crippen MR) is 175 cm³/mol. The molecule has 0 radical (unpaired) electrons. The summed E-state index contributed by atoms with van der Waals surface area (Å²) >= 11 is 0. The predicted octanol–water partition coefficient (Wildman–Crippen LogP) is 6.80. The molecule has 2 aliphatic heterocycles. The van der Waals surface area contributed by atoms with Crippen molar-refractivity contribution in [1.29, 1.82) is 0 Å². The van der Waals surface area contributed by atoms with Crippen LogP contribution in [0.25, 0.3) is 27.7 Å². The Morgan fingerprint density at radius 1 is 1.02 bits per heavy atom. The Labute approximate surface area is 282 Å². The molecule has 4 aromatic heterocycles. The van der Waals surface area contributed by atoms with Gasteiger partial charge in [-0.3, -0.25) is 9.36 Å². The highest BCUT2D eigenvalue weighted by Gasteiger charge is 2.39. The second-order valence-corrected chi connectivity index (χ2v) is 12.9. The summed E-state index contributed by atoms with van der Waals surface area (Å²) in [6.07, 6.45) is 2.03. The zero-order valence-corrected chi connectivity index (χ0v) is 27.2. The zero-order valence-electron chi connectivity index (χ0n) is 27.2. The third-order valence-electron chi connectivity index (χ3n) is 10.1. The van der Waals surface area contributed by atoms with Crippen LogP contribution >= 0.6 is 0 Å². The zero-order chi connectivity index (χ0) is 35.2. The standard InChI is InChI=1S/C36H30F5N7O2/c1-19-43-31-28(45(19)3)17-25(36(39,40)41)30-23-5-4-9-48-29(15-20(32(23)48)6-10-44(2)33(30)31)34(49)21-13-26(37)24(27(38)14-21)16-22-7-11-47(22)35(50)46-12-8-42-18-46/h4-5,8-9,12-15,17-18,22H,6-7,10-11,16H2,1-3H3/t22-/m1/s1. The SMILES string of the molecule is Cc1nc2c3c(c(C(F)(F)F)cc2n1C)-c1cccn2c(C(=O)c4cc(F)c(C[C@H]5CCN5C(=O)n5ccnc5)c(F)c4)cc(c12)CCN3C. The monoisotopic (exact) mass is 687 g/mol. The number of likely N-dealkylation sites (N-methyl/N-ethyl adjacent to an activating group) is 1. The summed E-state index contributed by atoms with van der Waals surface area (Å²) < 4.78 is 80.1. The third-order valence-corrected chi connectivity index (χ3v) is 10.1. The van der Waals surface area contributed by atoms with Crippen molar-refractivity contribution in [2.75, 3.05) is 25.0 Å². The number of aryl methyl sites for hydroxylation is 2. The topological polar surface area (TPSA) is 80.7 Å². The van der Waals surface area contributed by atoms with Crippen molar-refractivity contribution in [3.8, 4) is 11.1 Å². The molecule has 8 rings (SSSR count). The number of halogens is 5. The number of pyridine rings is 1. The van der Waals surface area contributed by atoms with Crippen molar-refractivity contribution in [3.63, 3.8) is 0 Å². The van der Waals surface area contributed by atoms with Crippen molar-refractivity contribution in [2.45, 2.75) is 38.4 Å². The molecular formula is C36H30F5N7O2. The minimum Gasteiger partial charge on any atom is -0.372 e. The molecule has 0 unspecified atom stereocenters. The number of nitrogens with zero attached hydrogens (tertiary/aromatic N) is 7. The number of benzene rings is 2. The number of imidazole rings is 2. The number of hydrogen-bond donors (Lipinski definition) is 0. The van der Waals surface area contributed by atoms with Crippen LogP contribution in [-0.4, -0.2) is 66.4 Å². The summed E-state index contributed by atoms with van der Waals surface area (Å²) in [5, 5.41) is 0. The van der Waals surface area contributed by atoms with E-state index in [2.05, 4.69) is 9.97 Å². The second kappa shape index (κ2) is 11.3. The van der Waals surface area contributed by atoms with E-state index in [4.69, 9.17) is 0 Å². The molecule has 256 valence electrons. The number of amides is 1. The summed E-state index contributed by atoms with van der Waals surface area (Å²) in [7, 11) is 3.40. The minimum atomic E-state index is -4.71. The van der Waals surface area contributed by atoms with Crippen molar-refractivity contribution in [3.05, 3.63) is 107 Å². The molecule has 1 amide bonds. The van der Waals surface area contributed by atoms with E-state index in [0.29, 0.717) is 59.6 Å². The first-order valence-electron chi connectivity index (χ1n) is 16.1. The lowest BCUT2D eigenvalue weighted by molar-refractivity contribution is -0.137. The van der Waals surface area contributed by atoms with Gasteiger partial charge in [0.25, 0.3) is 0 Å². The van der Waals surface area contributed by atoms with E-state index < -0.39 is 35.2 Å². The van der Waals surface area contributed by atoms with Crippen molar-refractivity contribution < 1.29 is 31.5 Å². The Morgan fingerprint density at radius 3 is 2.44 bits per heavy atom. The number of ketones is 1. The maximum Gasteiger partial charge on any atom is 0.417 e. The number of hydrogen-bond acceptors (Lipinski definition) is 5. The van der Waals surface area contributed by atoms with Crippen molar-refractivity contribution in [1.82, 2.24) is 28.4 Å². The molecule has 0 aliphatic carbocycles. The quantitative estimate of drug-likeness (QED) is 0.151. The number of fused-ring (bicyclic) bond motifs is 4. The average Bonchev–Trinajstić information content (AvgIpc) is 3.79. The highest BCUT2D eigenvalue weighted by molar-refractivity contribution is 6.10. The number of alkyl halides is 3. The first-order valence-corrected chi connectivity index (χ1v) is 16.1. The molecule has 2 aromatic carbocycles. The van der Waals surface area contributed by atoms with E-state index in [1.807, 2.05) is 0 Å². The fourth-order valence-electron chi connectivity index (χ4n) is 7.33. The van der Waals surface area contributed by atoms with Crippen LogP contribution in [-0.2, 0) is 26.1 Å². The molecule has 6 aromatic rings. The van der Waals surface area contributed by atoms with Gasteiger partial charge in [-0.15, -0.1) is 0 Å². The molecule has 1 fully saturated rings. The molecule has 0 spiro atoms. The molecule has 0 bridgehead atoms. The van der Waals surface area contributed by atoms with Crippen LogP contribution in [0.1, 0.15) is 45.0 Å². The van der Waals surface area contributed by atoms with E-state index in [1.54, 1.807) is 54.9 Å². The van der Waals surface area contributed by atoms with E-state index in [-0.39, 0.29) is 40.4 Å². The van der Waals surface area contributed by atoms with Crippen molar-refractivity contribution in [2.24, 2.45) is 7.05 Å². The number of aromatic nitrogens is 5. The van der Waals surface area contributed by atoms with E-state index in [9.17, 15) is 22.8 Å². The normalized spacial score (nSPS) is 16.0. The van der Waals surface area contributed by atoms with Gasteiger partial charge in [-0.2, -0.15) is 13.2 Å². The van der Waals surface area contributed by atoms with Gasteiger partial charge in [0.1, 0.15) is 29.3 Å². The van der Waals surface area contributed by atoms with Gasteiger partial charge in [0, 0.05) is 74.1 Å². The van der Waals surface area contributed by atoms with E-state index in [1.165, 1.54) is 32.6 Å². The average molecular weight is 688 g/mol. The fraction of sp³-hybridized carbons (Fsp3) is 0.278. The van der Waals surface area contributed by atoms with Crippen LogP contribution in [0.2, 0.25) is 0 Å². The minimum absolute atomic E-state index is 0.0488. The molecule has 0 saturated carbocycles. The molecule has 6 heterocycles. The summed E-state index contributed by atoms with van der Waals surface area (Å²) in [4.78, 5) is 38.5. The van der Waals surface area contributed by atoms with Gasteiger partial charge in [-0.1, -0.05) is 6.07 Å². The van der Waals surface area contributed by atoms with Crippen LogP contribution in [0.3, 0.4) is 0 Å². The molecule has 1 atom stereocenters. The molecule has 2 aliphatic rings. The maximum absolute atomic E-state index is 15.6. The van der Waals surface area contributed by atoms with Crippen LogP contribution in [0, 0.1) is 18.6 Å². The van der Waals surface area contributed by atoms with Gasteiger partial charge >= 0.3 is 12.2 Å². The first kappa shape index (κ1) is 31.7. The fourth-order valence-corrected chi connectivity index (χ4v) is 7.33. The largest absolute Gasteiger partial charge is 0.417 e. The van der Waals surface area contributed by atoms with Gasteiger partial charge in [-0.25, -0.2) is 23.5 Å². The lowest BCUT2D eigenvalue weighted by Crippen LogP contribution is -2.53. The van der Waals surface area contributed by atoms with Crippen molar-refractivity contribution >= 4 is 34.1 Å². The van der Waals surface area contributed by atoms with Crippen LogP contribution in [0.4, 0.5) is 32.4 Å². The van der Waals surface area contributed by atoms with Gasteiger partial charge in [-0.05, 0) is 62.1 Å². The summed E-state index contributed by atoms with van der Waals surface area (Å²) in [6, 6.07) is 7.04. The highest BCUT2D eigenvalue weighted by atomic mass is 19.4. The Balaban J connectivity index is 1.21. The summed E-state index contributed by atoms with van der Waals surface area (Å²) in [6.45, 7) is 2.49. The Bertz CT molecular complexity index is 2350. The number of carbonyl (C=O) groups is 2. The molecule has 9 nitrogen and oxygen atoms in total. The molecular weight excluding hydrogens is 657 g/mol. The number of likely N-dealkylation sites (tertiary alicyclic amines) is 1. The maximum atomic E-state index is 15.6.